The van der Waals surface area contributed by atoms with E-state index in [1.165, 1.54) is 12.1 Å². The Kier molecular flexibility index (Phi) is 4.34. The number of amides is 1. The van der Waals surface area contributed by atoms with E-state index in [1.54, 1.807) is 24.3 Å². The van der Waals surface area contributed by atoms with Crippen LogP contribution in [0.3, 0.4) is 0 Å². The van der Waals surface area contributed by atoms with E-state index in [0.29, 0.717) is 5.56 Å². The van der Waals surface area contributed by atoms with Gasteiger partial charge in [0.2, 0.25) is 0 Å². The van der Waals surface area contributed by atoms with Crippen LogP contribution in [0.25, 0.3) is 0 Å². The van der Waals surface area contributed by atoms with Gasteiger partial charge in [0, 0.05) is 12.0 Å². The van der Waals surface area contributed by atoms with Crippen LogP contribution in [0.4, 0.5) is 9.18 Å². The van der Waals surface area contributed by atoms with Crippen molar-refractivity contribution in [3.63, 3.8) is 0 Å². The number of nitrogens with one attached hydrogen (secondary N) is 1. The number of carbonyl (C=O) groups excluding carboxylic acids is 1. The van der Waals surface area contributed by atoms with Crippen LogP contribution in [0.15, 0.2) is 48.5 Å². The molecule has 1 aliphatic rings. The van der Waals surface area contributed by atoms with Crippen LogP contribution in [-0.4, -0.2) is 17.0 Å². The third-order valence-electron chi connectivity index (χ3n) is 4.59. The number of carboxylic acid groups (broad SMARTS) is 1. The molecule has 1 amide bonds. The fourth-order valence-electron chi connectivity index (χ4n) is 3.09. The predicted octanol–water partition coefficient (Wildman–Crippen LogP) is 3.90. The number of ketones is 1. The zero-order valence-electron chi connectivity index (χ0n) is 13.1. The van der Waals surface area contributed by atoms with Gasteiger partial charge in [-0.25, -0.2) is 9.18 Å². The molecule has 0 radical (unpaired) electrons. The van der Waals surface area contributed by atoms with E-state index in [0.717, 1.165) is 30.4 Å². The van der Waals surface area contributed by atoms with Gasteiger partial charge in [-0.15, -0.1) is 0 Å². The van der Waals surface area contributed by atoms with Crippen molar-refractivity contribution in [1.82, 2.24) is 5.32 Å². The molecule has 2 aromatic carbocycles. The summed E-state index contributed by atoms with van der Waals surface area (Å²) >= 11 is 0. The minimum absolute atomic E-state index is 0.0537. The molecule has 4 nitrogen and oxygen atoms in total. The van der Waals surface area contributed by atoms with E-state index >= 15 is 0 Å². The first-order chi connectivity index (χ1) is 11.5. The van der Waals surface area contributed by atoms with E-state index in [9.17, 15) is 14.0 Å². The fraction of sp³-hybridized carbons (Fsp3) is 0.263. The smallest absolute Gasteiger partial charge is 0.405 e. The number of hydrogen-bond acceptors (Lipinski definition) is 2. The Morgan fingerprint density at radius 2 is 1.67 bits per heavy atom. The van der Waals surface area contributed by atoms with Crippen molar-refractivity contribution in [2.75, 3.05) is 0 Å². The van der Waals surface area contributed by atoms with Gasteiger partial charge in [0.05, 0.1) is 5.54 Å². The summed E-state index contributed by atoms with van der Waals surface area (Å²) in [6.07, 6.45) is 1.68. The maximum absolute atomic E-state index is 12.9. The highest BCUT2D eigenvalue weighted by Gasteiger charge is 2.40. The van der Waals surface area contributed by atoms with E-state index in [2.05, 4.69) is 5.32 Å². The molecule has 0 heterocycles. The Hall–Kier alpha value is -2.69. The Bertz CT molecular complexity index is 749. The first-order valence-electron chi connectivity index (χ1n) is 7.88. The fourth-order valence-corrected chi connectivity index (χ4v) is 3.09. The maximum atomic E-state index is 12.9. The van der Waals surface area contributed by atoms with E-state index in [-0.39, 0.29) is 18.0 Å². The highest BCUT2D eigenvalue weighted by Crippen LogP contribution is 2.41. The lowest BCUT2D eigenvalue weighted by Crippen LogP contribution is -2.50. The number of hydrogen-bond donors (Lipinski definition) is 2. The molecule has 1 aliphatic carbocycles. The number of rotatable bonds is 5. The molecular formula is C19H18FNO3. The predicted molar refractivity (Wildman–Crippen MR) is 87.6 cm³/mol. The average Bonchev–Trinajstić information content (AvgIpc) is 2.53. The van der Waals surface area contributed by atoms with Crippen LogP contribution in [0, 0.1) is 5.82 Å². The summed E-state index contributed by atoms with van der Waals surface area (Å²) in [5, 5.41) is 11.6. The monoisotopic (exact) mass is 327 g/mol. The maximum Gasteiger partial charge on any atom is 0.405 e. The first-order valence-corrected chi connectivity index (χ1v) is 7.88. The summed E-state index contributed by atoms with van der Waals surface area (Å²) in [6.45, 7) is 0. The summed E-state index contributed by atoms with van der Waals surface area (Å²) in [4.78, 5) is 23.3. The summed E-state index contributed by atoms with van der Waals surface area (Å²) < 4.78 is 12.9. The van der Waals surface area contributed by atoms with Crippen LogP contribution in [0.1, 0.15) is 40.7 Å². The highest BCUT2D eigenvalue weighted by atomic mass is 19.1. The average molecular weight is 327 g/mol. The molecule has 0 unspecified atom stereocenters. The molecule has 1 fully saturated rings. The van der Waals surface area contributed by atoms with Crippen LogP contribution in [-0.2, 0) is 12.0 Å². The molecule has 124 valence electrons. The number of halogens is 1. The summed E-state index contributed by atoms with van der Waals surface area (Å²) in [5.41, 5.74) is 1.68. The number of benzene rings is 2. The number of carbonyl (C=O) groups is 2. The normalized spacial score (nSPS) is 15.4. The lowest BCUT2D eigenvalue weighted by Gasteiger charge is -2.42. The SMILES string of the molecule is O=C(O)NC1(c2ccc(C(=O)Cc3ccc(F)cc3)cc2)CCC1. The Morgan fingerprint density at radius 1 is 1.04 bits per heavy atom. The van der Waals surface area contributed by atoms with Crippen LogP contribution in [0.5, 0.6) is 0 Å². The van der Waals surface area contributed by atoms with Crippen molar-refractivity contribution < 1.29 is 19.1 Å². The minimum Gasteiger partial charge on any atom is -0.465 e. The molecule has 0 spiro atoms. The molecule has 24 heavy (non-hydrogen) atoms. The van der Waals surface area contributed by atoms with Gasteiger partial charge < -0.3 is 10.4 Å². The van der Waals surface area contributed by atoms with Gasteiger partial charge >= 0.3 is 6.09 Å². The molecule has 0 aliphatic heterocycles. The second-order valence-corrected chi connectivity index (χ2v) is 6.17. The molecular weight excluding hydrogens is 309 g/mol. The number of Topliss-reactive ketones (excluding diaryl/α,β-unsaturated/α-hetero) is 1. The zero-order valence-corrected chi connectivity index (χ0v) is 13.1. The zero-order chi connectivity index (χ0) is 17.2. The van der Waals surface area contributed by atoms with Crippen LogP contribution in [0.2, 0.25) is 0 Å². The Balaban J connectivity index is 1.73. The van der Waals surface area contributed by atoms with Crippen molar-refractivity contribution in [3.8, 4) is 0 Å². The molecule has 0 bridgehead atoms. The van der Waals surface area contributed by atoms with Crippen molar-refractivity contribution in [3.05, 3.63) is 71.0 Å². The third-order valence-corrected chi connectivity index (χ3v) is 4.59. The standard InChI is InChI=1S/C19H18FNO3/c20-16-8-2-13(3-9-16)12-17(22)14-4-6-15(7-5-14)19(10-1-11-19)21-18(23)24/h2-9,21H,1,10-12H2,(H,23,24). The second kappa shape index (κ2) is 6.43. The van der Waals surface area contributed by atoms with Gasteiger partial charge in [-0.2, -0.15) is 0 Å². The molecule has 5 heteroatoms. The van der Waals surface area contributed by atoms with E-state index in [4.69, 9.17) is 5.11 Å². The topological polar surface area (TPSA) is 66.4 Å². The molecule has 0 aromatic heterocycles. The lowest BCUT2D eigenvalue weighted by atomic mass is 9.71. The Labute approximate surface area is 139 Å². The van der Waals surface area contributed by atoms with E-state index in [1.807, 2.05) is 12.1 Å². The minimum atomic E-state index is -1.04. The molecule has 0 atom stereocenters. The molecule has 3 rings (SSSR count). The van der Waals surface area contributed by atoms with Crippen molar-refractivity contribution in [2.24, 2.45) is 0 Å². The second-order valence-electron chi connectivity index (χ2n) is 6.17. The van der Waals surface area contributed by atoms with Crippen molar-refractivity contribution in [1.29, 1.82) is 0 Å². The Morgan fingerprint density at radius 3 is 2.17 bits per heavy atom. The highest BCUT2D eigenvalue weighted by molar-refractivity contribution is 5.97. The summed E-state index contributed by atoms with van der Waals surface area (Å²) in [6, 6.07) is 13.0. The lowest BCUT2D eigenvalue weighted by molar-refractivity contribution is 0.0992. The van der Waals surface area contributed by atoms with Crippen LogP contribution >= 0.6 is 0 Å². The van der Waals surface area contributed by atoms with Gasteiger partial charge in [0.25, 0.3) is 0 Å². The summed E-state index contributed by atoms with van der Waals surface area (Å²) in [5.74, 6) is -0.380. The quantitative estimate of drug-likeness (QED) is 0.819. The van der Waals surface area contributed by atoms with Gasteiger partial charge in [-0.1, -0.05) is 36.4 Å². The van der Waals surface area contributed by atoms with Gasteiger partial charge in [-0.3, -0.25) is 4.79 Å². The molecule has 2 N–H and O–H groups in total. The van der Waals surface area contributed by atoms with Gasteiger partial charge in [-0.05, 0) is 42.5 Å². The summed E-state index contributed by atoms with van der Waals surface area (Å²) in [7, 11) is 0. The van der Waals surface area contributed by atoms with E-state index < -0.39 is 11.6 Å². The van der Waals surface area contributed by atoms with Crippen molar-refractivity contribution in [2.45, 2.75) is 31.2 Å². The largest absolute Gasteiger partial charge is 0.465 e. The van der Waals surface area contributed by atoms with Gasteiger partial charge in [0.1, 0.15) is 5.82 Å². The van der Waals surface area contributed by atoms with Crippen LogP contribution < -0.4 is 5.32 Å². The molecule has 1 saturated carbocycles. The first kappa shape index (κ1) is 16.2. The molecule has 0 saturated heterocycles. The molecule has 2 aromatic rings. The van der Waals surface area contributed by atoms with Gasteiger partial charge in [0.15, 0.2) is 5.78 Å². The van der Waals surface area contributed by atoms with Crippen molar-refractivity contribution >= 4 is 11.9 Å². The third kappa shape index (κ3) is 3.30.